The SMILES string of the molecule is CCOc1ccc2c(sc3c(F)c(CCC4CC4)ccc32)c1F. The summed E-state index contributed by atoms with van der Waals surface area (Å²) in [5.74, 6) is 0.450. The van der Waals surface area contributed by atoms with Crippen LogP contribution in [-0.2, 0) is 6.42 Å². The number of ether oxygens (including phenoxy) is 1. The van der Waals surface area contributed by atoms with Gasteiger partial charge < -0.3 is 4.74 Å². The minimum Gasteiger partial charge on any atom is -0.491 e. The van der Waals surface area contributed by atoms with Gasteiger partial charge in [0.15, 0.2) is 11.6 Å². The molecule has 0 bridgehead atoms. The van der Waals surface area contributed by atoms with E-state index in [1.54, 1.807) is 6.07 Å². The Balaban J connectivity index is 1.82. The van der Waals surface area contributed by atoms with E-state index in [0.717, 1.165) is 35.1 Å². The average Bonchev–Trinajstić information content (AvgIpc) is 3.29. The molecular formula is C19H18F2OS. The van der Waals surface area contributed by atoms with Gasteiger partial charge >= 0.3 is 0 Å². The van der Waals surface area contributed by atoms with Gasteiger partial charge in [-0.15, -0.1) is 11.3 Å². The molecule has 0 atom stereocenters. The lowest BCUT2D eigenvalue weighted by Crippen LogP contribution is -1.94. The topological polar surface area (TPSA) is 9.23 Å². The van der Waals surface area contributed by atoms with Crippen LogP contribution in [0.25, 0.3) is 20.2 Å². The summed E-state index contributed by atoms with van der Waals surface area (Å²) in [5, 5.41) is 1.55. The van der Waals surface area contributed by atoms with Crippen LogP contribution in [0.15, 0.2) is 24.3 Å². The molecule has 0 N–H and O–H groups in total. The van der Waals surface area contributed by atoms with E-state index in [1.807, 2.05) is 25.1 Å². The molecule has 0 amide bonds. The molecule has 4 heteroatoms. The van der Waals surface area contributed by atoms with E-state index >= 15 is 0 Å². The van der Waals surface area contributed by atoms with E-state index in [-0.39, 0.29) is 17.4 Å². The number of aryl methyl sites for hydroxylation is 1. The fraction of sp³-hybridized carbons (Fsp3) is 0.368. The van der Waals surface area contributed by atoms with E-state index in [9.17, 15) is 8.78 Å². The maximum Gasteiger partial charge on any atom is 0.182 e. The van der Waals surface area contributed by atoms with Crippen molar-refractivity contribution in [1.29, 1.82) is 0 Å². The van der Waals surface area contributed by atoms with Crippen LogP contribution in [0.4, 0.5) is 8.78 Å². The first-order chi connectivity index (χ1) is 11.2. The van der Waals surface area contributed by atoms with E-state index < -0.39 is 0 Å². The van der Waals surface area contributed by atoms with Crippen molar-refractivity contribution >= 4 is 31.5 Å². The molecule has 1 nitrogen and oxygen atoms in total. The van der Waals surface area contributed by atoms with Crippen LogP contribution >= 0.6 is 11.3 Å². The normalized spacial score (nSPS) is 14.7. The van der Waals surface area contributed by atoms with Gasteiger partial charge in [0.1, 0.15) is 5.82 Å². The van der Waals surface area contributed by atoms with Gasteiger partial charge in [-0.1, -0.05) is 25.0 Å². The molecule has 2 aromatic carbocycles. The Morgan fingerprint density at radius 1 is 1.04 bits per heavy atom. The first kappa shape index (κ1) is 14.9. The third-order valence-corrected chi connectivity index (χ3v) is 5.76. The Bertz CT molecular complexity index is 880. The largest absolute Gasteiger partial charge is 0.491 e. The van der Waals surface area contributed by atoms with Crippen molar-refractivity contribution in [2.45, 2.75) is 32.6 Å². The first-order valence-electron chi connectivity index (χ1n) is 8.14. The molecule has 3 aromatic rings. The number of hydrogen-bond donors (Lipinski definition) is 0. The van der Waals surface area contributed by atoms with Crippen LogP contribution in [0.1, 0.15) is 31.7 Å². The monoisotopic (exact) mass is 332 g/mol. The Hall–Kier alpha value is -1.68. The minimum absolute atomic E-state index is 0.179. The second kappa shape index (κ2) is 5.75. The highest BCUT2D eigenvalue weighted by Gasteiger charge is 2.22. The predicted octanol–water partition coefficient (Wildman–Crippen LogP) is 6.07. The standard InChI is InChI=1S/C19H18F2OS/c1-2-22-15-10-9-14-13-8-7-12(6-5-11-3-4-11)16(20)18(13)23-19(14)17(15)21/h7-11H,2-6H2,1H3. The molecule has 0 radical (unpaired) electrons. The summed E-state index contributed by atoms with van der Waals surface area (Å²) in [5.41, 5.74) is 0.751. The number of thiophene rings is 1. The molecule has 0 saturated heterocycles. The summed E-state index contributed by atoms with van der Waals surface area (Å²) in [6.45, 7) is 2.23. The quantitative estimate of drug-likeness (QED) is 0.550. The predicted molar refractivity (Wildman–Crippen MR) is 91.5 cm³/mol. The zero-order chi connectivity index (χ0) is 16.0. The highest BCUT2D eigenvalue weighted by molar-refractivity contribution is 7.25. The van der Waals surface area contributed by atoms with Gasteiger partial charge in [-0.2, -0.15) is 0 Å². The average molecular weight is 332 g/mol. The van der Waals surface area contributed by atoms with E-state index in [0.29, 0.717) is 16.0 Å². The lowest BCUT2D eigenvalue weighted by molar-refractivity contribution is 0.323. The summed E-state index contributed by atoms with van der Waals surface area (Å²) >= 11 is 1.19. The summed E-state index contributed by atoms with van der Waals surface area (Å²) in [6.07, 6.45) is 4.37. The Kier molecular flexibility index (Phi) is 3.72. The number of halogens is 2. The number of fused-ring (bicyclic) bond motifs is 3. The number of benzene rings is 2. The van der Waals surface area contributed by atoms with Crippen LogP contribution in [0, 0.1) is 17.6 Å². The second-order valence-corrected chi connectivity index (χ2v) is 7.21. The summed E-state index contributed by atoms with van der Waals surface area (Å²) < 4.78 is 35.7. The van der Waals surface area contributed by atoms with Crippen LogP contribution in [0.5, 0.6) is 5.75 Å². The van der Waals surface area contributed by atoms with Gasteiger partial charge in [-0.05, 0) is 43.4 Å². The Labute approximate surface area is 137 Å². The molecular weight excluding hydrogens is 314 g/mol. The van der Waals surface area contributed by atoms with Gasteiger partial charge in [-0.25, -0.2) is 8.78 Å². The maximum absolute atomic E-state index is 14.8. The lowest BCUT2D eigenvalue weighted by Gasteiger charge is -2.04. The highest BCUT2D eigenvalue weighted by atomic mass is 32.1. The summed E-state index contributed by atoms with van der Waals surface area (Å²) in [7, 11) is 0. The van der Waals surface area contributed by atoms with Crippen molar-refractivity contribution < 1.29 is 13.5 Å². The fourth-order valence-electron chi connectivity index (χ4n) is 3.09. The molecule has 1 fully saturated rings. The van der Waals surface area contributed by atoms with Crippen molar-refractivity contribution in [2.24, 2.45) is 5.92 Å². The lowest BCUT2D eigenvalue weighted by atomic mass is 10.0. The van der Waals surface area contributed by atoms with Crippen molar-refractivity contribution in [3.63, 3.8) is 0 Å². The van der Waals surface area contributed by atoms with Crippen molar-refractivity contribution in [3.8, 4) is 5.75 Å². The molecule has 0 spiro atoms. The highest BCUT2D eigenvalue weighted by Crippen LogP contribution is 2.41. The van der Waals surface area contributed by atoms with Crippen LogP contribution in [0.2, 0.25) is 0 Å². The van der Waals surface area contributed by atoms with Crippen LogP contribution < -0.4 is 4.74 Å². The van der Waals surface area contributed by atoms with Crippen molar-refractivity contribution in [1.82, 2.24) is 0 Å². The number of hydrogen-bond acceptors (Lipinski definition) is 2. The van der Waals surface area contributed by atoms with Gasteiger partial charge in [0.05, 0.1) is 16.0 Å². The molecule has 4 rings (SSSR count). The molecule has 23 heavy (non-hydrogen) atoms. The molecule has 1 aromatic heterocycles. The molecule has 0 unspecified atom stereocenters. The van der Waals surface area contributed by atoms with Gasteiger partial charge in [0.2, 0.25) is 0 Å². The number of rotatable bonds is 5. The van der Waals surface area contributed by atoms with Crippen LogP contribution in [0.3, 0.4) is 0 Å². The zero-order valence-corrected chi connectivity index (χ0v) is 13.8. The van der Waals surface area contributed by atoms with E-state index in [1.165, 1.54) is 24.2 Å². The minimum atomic E-state index is -0.385. The smallest absolute Gasteiger partial charge is 0.182 e. The second-order valence-electron chi connectivity index (χ2n) is 6.19. The third kappa shape index (κ3) is 2.59. The van der Waals surface area contributed by atoms with E-state index in [4.69, 9.17) is 4.74 Å². The van der Waals surface area contributed by atoms with Gasteiger partial charge in [0.25, 0.3) is 0 Å². The third-order valence-electron chi connectivity index (χ3n) is 4.55. The Morgan fingerprint density at radius 2 is 1.74 bits per heavy atom. The molecule has 1 saturated carbocycles. The summed E-state index contributed by atoms with van der Waals surface area (Å²) in [6, 6.07) is 7.25. The van der Waals surface area contributed by atoms with E-state index in [2.05, 4.69) is 0 Å². The molecule has 120 valence electrons. The summed E-state index contributed by atoms with van der Waals surface area (Å²) in [4.78, 5) is 0. The first-order valence-corrected chi connectivity index (χ1v) is 8.95. The van der Waals surface area contributed by atoms with Crippen LogP contribution in [-0.4, -0.2) is 6.61 Å². The maximum atomic E-state index is 14.8. The molecule has 1 aliphatic rings. The molecule has 0 aliphatic heterocycles. The van der Waals surface area contributed by atoms with Gasteiger partial charge in [0, 0.05) is 10.8 Å². The molecule has 1 aliphatic carbocycles. The zero-order valence-electron chi connectivity index (χ0n) is 13.0. The fourth-order valence-corrected chi connectivity index (χ4v) is 4.28. The Morgan fingerprint density at radius 3 is 2.43 bits per heavy atom. The van der Waals surface area contributed by atoms with Crippen molar-refractivity contribution in [2.75, 3.05) is 6.61 Å². The molecule has 1 heterocycles. The van der Waals surface area contributed by atoms with Gasteiger partial charge in [-0.3, -0.25) is 0 Å². The van der Waals surface area contributed by atoms with Crippen molar-refractivity contribution in [3.05, 3.63) is 41.5 Å².